The van der Waals surface area contributed by atoms with Gasteiger partial charge < -0.3 is 9.64 Å². The molecule has 1 N–H and O–H groups in total. The molecule has 0 bridgehead atoms. The lowest BCUT2D eigenvalue weighted by Crippen LogP contribution is -3.12. The van der Waals surface area contributed by atoms with Gasteiger partial charge in [-0.25, -0.2) is 4.68 Å². The number of benzene rings is 2. The van der Waals surface area contributed by atoms with Crippen LogP contribution in [0.3, 0.4) is 0 Å². The Morgan fingerprint density at radius 1 is 1.04 bits per heavy atom. The minimum absolute atomic E-state index is 0.0634. The van der Waals surface area contributed by atoms with Crippen LogP contribution in [0.15, 0.2) is 48.5 Å². The van der Waals surface area contributed by atoms with Crippen LogP contribution in [0.25, 0.3) is 0 Å². The number of quaternary nitrogens is 1. The summed E-state index contributed by atoms with van der Waals surface area (Å²) < 4.78 is 7.32. The van der Waals surface area contributed by atoms with E-state index in [2.05, 4.69) is 72.7 Å². The van der Waals surface area contributed by atoms with E-state index < -0.39 is 0 Å². The predicted molar refractivity (Wildman–Crippen MR) is 107 cm³/mol. The highest BCUT2D eigenvalue weighted by Gasteiger charge is 2.36. The first-order valence-electron chi connectivity index (χ1n) is 9.81. The van der Waals surface area contributed by atoms with Crippen molar-refractivity contribution in [1.29, 1.82) is 0 Å². The molecule has 1 aliphatic rings. The molecule has 0 saturated heterocycles. The maximum atomic E-state index is 5.36. The third-order valence-corrected chi connectivity index (χ3v) is 5.50. The molecule has 0 amide bonds. The summed E-state index contributed by atoms with van der Waals surface area (Å²) >= 11 is 0. The van der Waals surface area contributed by atoms with Gasteiger partial charge in [-0.05, 0) is 61.0 Å². The van der Waals surface area contributed by atoms with Crippen LogP contribution in [0.5, 0.6) is 5.75 Å². The van der Waals surface area contributed by atoms with E-state index in [1.807, 2.05) is 16.8 Å². The normalized spacial score (nSPS) is 17.8. The Morgan fingerprint density at radius 3 is 2.43 bits per heavy atom. The fourth-order valence-corrected chi connectivity index (χ4v) is 4.06. The molecule has 3 aromatic rings. The minimum Gasteiger partial charge on any atom is -0.497 e. The van der Waals surface area contributed by atoms with Gasteiger partial charge in [-0.15, -0.1) is 5.10 Å². The molecule has 1 aromatic heterocycles. The maximum absolute atomic E-state index is 5.36. The summed E-state index contributed by atoms with van der Waals surface area (Å²) in [5.74, 6) is 1.77. The van der Waals surface area contributed by atoms with Gasteiger partial charge in [-0.3, -0.25) is 0 Å². The molecule has 6 heteroatoms. The smallest absolute Gasteiger partial charge is 0.214 e. The highest BCUT2D eigenvalue weighted by atomic mass is 16.5. The van der Waals surface area contributed by atoms with Crippen LogP contribution >= 0.6 is 0 Å². The molecule has 146 valence electrons. The molecular weight excluding hydrogens is 350 g/mol. The third kappa shape index (κ3) is 3.52. The predicted octanol–water partition coefficient (Wildman–Crippen LogP) is 2.17. The van der Waals surface area contributed by atoms with E-state index >= 15 is 0 Å². The Hall–Kier alpha value is -2.73. The number of nitrogens with one attached hydrogen (secondary N) is 1. The zero-order valence-corrected chi connectivity index (χ0v) is 17.0. The van der Waals surface area contributed by atoms with Gasteiger partial charge in [0, 0.05) is 17.5 Å². The summed E-state index contributed by atoms with van der Waals surface area (Å²) in [4.78, 5) is 1.46. The van der Waals surface area contributed by atoms with Crippen molar-refractivity contribution in [3.8, 4) is 5.75 Å². The largest absolute Gasteiger partial charge is 0.497 e. The van der Waals surface area contributed by atoms with Crippen molar-refractivity contribution in [3.05, 3.63) is 71.0 Å². The van der Waals surface area contributed by atoms with E-state index in [-0.39, 0.29) is 11.6 Å². The molecule has 2 atom stereocenters. The first-order chi connectivity index (χ1) is 13.5. The Kier molecular flexibility index (Phi) is 4.89. The summed E-state index contributed by atoms with van der Waals surface area (Å²) in [6, 6.07) is 17.1. The number of nitrogens with zero attached hydrogens (tertiary/aromatic N) is 4. The second-order valence-corrected chi connectivity index (χ2v) is 8.43. The van der Waals surface area contributed by atoms with E-state index in [0.29, 0.717) is 0 Å². The van der Waals surface area contributed by atoms with Crippen LogP contribution in [-0.4, -0.2) is 33.9 Å². The maximum Gasteiger partial charge on any atom is 0.214 e. The molecule has 2 heterocycles. The minimum atomic E-state index is -0.184. The fraction of sp³-hybridized carbons (Fsp3) is 0.409. The van der Waals surface area contributed by atoms with Crippen molar-refractivity contribution >= 4 is 0 Å². The molecule has 1 unspecified atom stereocenters. The van der Waals surface area contributed by atoms with Crippen molar-refractivity contribution in [2.45, 2.75) is 45.3 Å². The molecular formula is C22H28N5O+. The number of methoxy groups -OCH3 is 1. The lowest BCUT2D eigenvalue weighted by molar-refractivity contribution is -0.941. The first kappa shape index (κ1) is 18.6. The van der Waals surface area contributed by atoms with Crippen molar-refractivity contribution in [2.75, 3.05) is 13.7 Å². The van der Waals surface area contributed by atoms with Gasteiger partial charge >= 0.3 is 0 Å². The van der Waals surface area contributed by atoms with Crippen molar-refractivity contribution in [1.82, 2.24) is 20.2 Å². The molecule has 0 radical (unpaired) electrons. The number of rotatable bonds is 4. The molecule has 0 fully saturated rings. The Labute approximate surface area is 166 Å². The number of ether oxygens (including phenoxy) is 1. The van der Waals surface area contributed by atoms with Gasteiger partial charge in [0.25, 0.3) is 0 Å². The second-order valence-electron chi connectivity index (χ2n) is 8.43. The van der Waals surface area contributed by atoms with Crippen molar-refractivity contribution < 1.29 is 9.64 Å². The van der Waals surface area contributed by atoms with Crippen LogP contribution in [0.2, 0.25) is 0 Å². The Morgan fingerprint density at radius 2 is 1.75 bits per heavy atom. The second kappa shape index (κ2) is 7.36. The molecule has 28 heavy (non-hydrogen) atoms. The lowest BCUT2D eigenvalue weighted by Gasteiger charge is -2.33. The van der Waals surface area contributed by atoms with Gasteiger partial charge in [-0.2, -0.15) is 0 Å². The first-order valence-corrected chi connectivity index (χ1v) is 9.81. The number of fused-ring (bicyclic) bond motifs is 1. The van der Waals surface area contributed by atoms with Gasteiger partial charge in [0.2, 0.25) is 5.82 Å². The summed E-state index contributed by atoms with van der Waals surface area (Å²) in [5.41, 5.74) is 3.89. The zero-order valence-electron chi connectivity index (χ0n) is 17.0. The summed E-state index contributed by atoms with van der Waals surface area (Å²) in [6.45, 7) is 8.42. The molecule has 0 aliphatic carbocycles. The number of hydrogen-bond donors (Lipinski definition) is 1. The molecule has 4 rings (SSSR count). The average molecular weight is 379 g/mol. The number of hydrogen-bond acceptors (Lipinski definition) is 4. The summed E-state index contributed by atoms with van der Waals surface area (Å²) in [7, 11) is 1.69. The topological polar surface area (TPSA) is 57.3 Å². The highest BCUT2D eigenvalue weighted by molar-refractivity contribution is 5.32. The molecule has 6 nitrogen and oxygen atoms in total. The number of tetrazole rings is 1. The average Bonchev–Trinajstić information content (AvgIpc) is 3.18. The SMILES string of the molecule is COc1ccc([C@@H](c2nnnn2C(C)(C)C)[NH+]2CCc3ccccc3C2)cc1. The van der Waals surface area contributed by atoms with Crippen LogP contribution < -0.4 is 9.64 Å². The molecule has 2 aromatic carbocycles. The lowest BCUT2D eigenvalue weighted by atomic mass is 9.95. The van der Waals surface area contributed by atoms with Crippen LogP contribution in [0.1, 0.15) is 49.3 Å². The van der Waals surface area contributed by atoms with E-state index in [0.717, 1.165) is 31.1 Å². The van der Waals surface area contributed by atoms with Crippen molar-refractivity contribution in [3.63, 3.8) is 0 Å². The third-order valence-electron chi connectivity index (χ3n) is 5.50. The quantitative estimate of drug-likeness (QED) is 0.756. The Balaban J connectivity index is 1.77. The number of aromatic nitrogens is 4. The summed E-state index contributed by atoms with van der Waals surface area (Å²) in [5, 5.41) is 12.8. The van der Waals surface area contributed by atoms with Crippen LogP contribution in [-0.2, 0) is 18.5 Å². The van der Waals surface area contributed by atoms with Gasteiger partial charge in [0.15, 0.2) is 6.04 Å². The zero-order chi connectivity index (χ0) is 19.7. The molecule has 0 saturated carbocycles. The molecule has 1 aliphatic heterocycles. The van der Waals surface area contributed by atoms with Gasteiger partial charge in [-0.1, -0.05) is 24.3 Å². The van der Waals surface area contributed by atoms with Gasteiger partial charge in [0.1, 0.15) is 12.3 Å². The Bertz CT molecular complexity index is 942. The van der Waals surface area contributed by atoms with E-state index in [4.69, 9.17) is 4.74 Å². The van der Waals surface area contributed by atoms with Gasteiger partial charge in [0.05, 0.1) is 19.2 Å². The van der Waals surface area contributed by atoms with E-state index in [1.54, 1.807) is 7.11 Å². The van der Waals surface area contributed by atoms with Crippen LogP contribution in [0, 0.1) is 0 Å². The van der Waals surface area contributed by atoms with E-state index in [1.165, 1.54) is 21.6 Å². The summed E-state index contributed by atoms with van der Waals surface area (Å²) in [6.07, 6.45) is 1.06. The van der Waals surface area contributed by atoms with E-state index in [9.17, 15) is 0 Å². The standard InChI is InChI=1S/C22H27N5O/c1-22(2,3)27-21(23-24-25-27)20(17-9-11-19(28-4)12-10-17)26-14-13-16-7-5-6-8-18(16)15-26/h5-12,20H,13-15H2,1-4H3/p+1/t20-/m0/s1. The van der Waals surface area contributed by atoms with Crippen LogP contribution in [0.4, 0.5) is 0 Å². The fourth-order valence-electron chi connectivity index (χ4n) is 4.06. The monoisotopic (exact) mass is 378 g/mol. The van der Waals surface area contributed by atoms with Crippen molar-refractivity contribution in [2.24, 2.45) is 0 Å². The highest BCUT2D eigenvalue weighted by Crippen LogP contribution is 2.25. The molecule has 0 spiro atoms.